The van der Waals surface area contributed by atoms with E-state index in [9.17, 15) is 4.79 Å². The van der Waals surface area contributed by atoms with Crippen molar-refractivity contribution in [3.63, 3.8) is 0 Å². The third-order valence-corrected chi connectivity index (χ3v) is 5.08. The van der Waals surface area contributed by atoms with Gasteiger partial charge < -0.3 is 25.4 Å². The van der Waals surface area contributed by atoms with Crippen LogP contribution >= 0.6 is 0 Å². The minimum Gasteiger partial charge on any atom is -0.497 e. The number of ether oxygens (including phenoxy) is 2. The number of guanidine groups is 1. The number of rotatable bonds is 8. The lowest BCUT2D eigenvalue weighted by Gasteiger charge is -2.24. The van der Waals surface area contributed by atoms with Crippen LogP contribution in [0.2, 0.25) is 0 Å². The molecular formula is C21H34N4O3. The SMILES string of the molecule is CN=C(NCc1ccc(OC)cc1OC1CCCC1)NCC(C)(C)C(=O)NC. The van der Waals surface area contributed by atoms with Crippen LogP contribution in [0.15, 0.2) is 23.2 Å². The van der Waals surface area contributed by atoms with Crippen molar-refractivity contribution in [2.75, 3.05) is 27.7 Å². The molecule has 0 radical (unpaired) electrons. The third-order valence-electron chi connectivity index (χ3n) is 5.08. The number of amides is 1. The van der Waals surface area contributed by atoms with E-state index in [0.29, 0.717) is 19.0 Å². The highest BCUT2D eigenvalue weighted by Gasteiger charge is 2.26. The second kappa shape index (κ2) is 10.2. The molecule has 0 heterocycles. The molecule has 0 bridgehead atoms. The van der Waals surface area contributed by atoms with E-state index in [1.54, 1.807) is 21.2 Å². The molecule has 1 aliphatic carbocycles. The number of hydrogen-bond acceptors (Lipinski definition) is 4. The van der Waals surface area contributed by atoms with Gasteiger partial charge in [0.2, 0.25) is 5.91 Å². The fourth-order valence-corrected chi connectivity index (χ4v) is 3.23. The van der Waals surface area contributed by atoms with Crippen LogP contribution in [0.5, 0.6) is 11.5 Å². The van der Waals surface area contributed by atoms with Gasteiger partial charge in [0.25, 0.3) is 0 Å². The van der Waals surface area contributed by atoms with Crippen LogP contribution < -0.4 is 25.4 Å². The molecule has 0 saturated heterocycles. The predicted octanol–water partition coefficient (Wildman–Crippen LogP) is 2.45. The highest BCUT2D eigenvalue weighted by molar-refractivity contribution is 5.84. The number of hydrogen-bond donors (Lipinski definition) is 3. The molecule has 1 saturated carbocycles. The van der Waals surface area contributed by atoms with Gasteiger partial charge in [0.05, 0.1) is 18.6 Å². The van der Waals surface area contributed by atoms with Gasteiger partial charge in [-0.15, -0.1) is 0 Å². The van der Waals surface area contributed by atoms with E-state index in [1.165, 1.54) is 12.8 Å². The first-order valence-electron chi connectivity index (χ1n) is 9.90. The monoisotopic (exact) mass is 390 g/mol. The Hall–Kier alpha value is -2.44. The Kier molecular flexibility index (Phi) is 7.96. The molecule has 156 valence electrons. The number of methoxy groups -OCH3 is 1. The lowest BCUT2D eigenvalue weighted by atomic mass is 9.92. The molecule has 0 aliphatic heterocycles. The number of aliphatic imine (C=N–C) groups is 1. The van der Waals surface area contributed by atoms with Gasteiger partial charge in [-0.2, -0.15) is 0 Å². The van der Waals surface area contributed by atoms with Crippen LogP contribution in [-0.4, -0.2) is 45.7 Å². The molecule has 3 N–H and O–H groups in total. The molecule has 1 fully saturated rings. The smallest absolute Gasteiger partial charge is 0.227 e. The van der Waals surface area contributed by atoms with E-state index in [0.717, 1.165) is 29.9 Å². The van der Waals surface area contributed by atoms with Gasteiger partial charge in [-0.25, -0.2) is 0 Å². The predicted molar refractivity (Wildman–Crippen MR) is 112 cm³/mol. The van der Waals surface area contributed by atoms with Gasteiger partial charge in [-0.05, 0) is 51.7 Å². The number of carbonyl (C=O) groups excluding carboxylic acids is 1. The number of nitrogens with one attached hydrogen (secondary N) is 3. The molecule has 2 rings (SSSR count). The zero-order valence-electron chi connectivity index (χ0n) is 17.7. The first-order valence-corrected chi connectivity index (χ1v) is 9.90. The molecule has 1 aromatic rings. The average molecular weight is 391 g/mol. The summed E-state index contributed by atoms with van der Waals surface area (Å²) in [7, 11) is 5.02. The van der Waals surface area contributed by atoms with Crippen LogP contribution in [0.4, 0.5) is 0 Å². The minimum atomic E-state index is -0.538. The quantitative estimate of drug-likeness (QED) is 0.469. The molecule has 0 atom stereocenters. The maximum atomic E-state index is 11.9. The number of carbonyl (C=O) groups is 1. The first-order chi connectivity index (χ1) is 13.4. The molecule has 0 spiro atoms. The average Bonchev–Trinajstić information content (AvgIpc) is 3.21. The van der Waals surface area contributed by atoms with E-state index >= 15 is 0 Å². The summed E-state index contributed by atoms with van der Waals surface area (Å²) in [6, 6.07) is 5.89. The Morgan fingerprint density at radius 1 is 1.25 bits per heavy atom. The normalized spacial score (nSPS) is 15.2. The van der Waals surface area contributed by atoms with Crippen molar-refractivity contribution in [2.24, 2.45) is 10.4 Å². The summed E-state index contributed by atoms with van der Waals surface area (Å²) in [5.41, 5.74) is 0.504. The van der Waals surface area contributed by atoms with Crippen molar-refractivity contribution in [1.29, 1.82) is 0 Å². The molecule has 28 heavy (non-hydrogen) atoms. The maximum Gasteiger partial charge on any atom is 0.227 e. The lowest BCUT2D eigenvalue weighted by Crippen LogP contribution is -2.47. The number of nitrogens with zero attached hydrogens (tertiary/aromatic N) is 1. The van der Waals surface area contributed by atoms with Crippen molar-refractivity contribution in [3.05, 3.63) is 23.8 Å². The van der Waals surface area contributed by atoms with Crippen LogP contribution in [-0.2, 0) is 11.3 Å². The molecule has 0 unspecified atom stereocenters. The fraction of sp³-hybridized carbons (Fsp3) is 0.619. The largest absolute Gasteiger partial charge is 0.497 e. The molecule has 0 aromatic heterocycles. The molecule has 1 aromatic carbocycles. The van der Waals surface area contributed by atoms with Gasteiger partial charge in [0, 0.05) is 38.8 Å². The van der Waals surface area contributed by atoms with Gasteiger partial charge >= 0.3 is 0 Å². The van der Waals surface area contributed by atoms with Gasteiger partial charge in [0.15, 0.2) is 5.96 Å². The summed E-state index contributed by atoms with van der Waals surface area (Å²) < 4.78 is 11.6. The summed E-state index contributed by atoms with van der Waals surface area (Å²) in [6.07, 6.45) is 4.92. The first kappa shape index (κ1) is 21.9. The lowest BCUT2D eigenvalue weighted by molar-refractivity contribution is -0.128. The second-order valence-electron chi connectivity index (χ2n) is 7.74. The van der Waals surface area contributed by atoms with E-state index < -0.39 is 5.41 Å². The second-order valence-corrected chi connectivity index (χ2v) is 7.74. The van der Waals surface area contributed by atoms with E-state index in [4.69, 9.17) is 9.47 Å². The van der Waals surface area contributed by atoms with Crippen LogP contribution in [0.3, 0.4) is 0 Å². The summed E-state index contributed by atoms with van der Waals surface area (Å²) in [4.78, 5) is 16.2. The zero-order chi connectivity index (χ0) is 20.6. The van der Waals surface area contributed by atoms with Crippen LogP contribution in [0.1, 0.15) is 45.1 Å². The number of benzene rings is 1. The molecule has 1 amide bonds. The third kappa shape index (κ3) is 6.04. The Balaban J connectivity index is 2.00. The van der Waals surface area contributed by atoms with Crippen molar-refractivity contribution < 1.29 is 14.3 Å². The maximum absolute atomic E-state index is 11.9. The van der Waals surface area contributed by atoms with Gasteiger partial charge in [-0.1, -0.05) is 0 Å². The standard InChI is InChI=1S/C21H34N4O3/c1-21(2,19(26)22-3)14-25-20(23-4)24-13-15-10-11-17(27-5)12-18(15)28-16-8-6-7-9-16/h10-12,16H,6-9,13-14H2,1-5H3,(H,22,26)(H2,23,24,25). The Bertz CT molecular complexity index is 682. The van der Waals surface area contributed by atoms with Crippen molar-refractivity contribution in [2.45, 2.75) is 52.2 Å². The van der Waals surface area contributed by atoms with E-state index in [1.807, 2.05) is 32.0 Å². The Morgan fingerprint density at radius 2 is 1.96 bits per heavy atom. The summed E-state index contributed by atoms with van der Waals surface area (Å²) in [6.45, 7) is 4.82. The van der Waals surface area contributed by atoms with Gasteiger partial charge in [-0.3, -0.25) is 9.79 Å². The summed E-state index contributed by atoms with van der Waals surface area (Å²) in [5.74, 6) is 2.25. The molecule has 1 aliphatic rings. The van der Waals surface area contributed by atoms with E-state index in [-0.39, 0.29) is 12.0 Å². The molecule has 7 heteroatoms. The fourth-order valence-electron chi connectivity index (χ4n) is 3.23. The summed E-state index contributed by atoms with van der Waals surface area (Å²) in [5, 5.41) is 9.22. The minimum absolute atomic E-state index is 0.0159. The topological polar surface area (TPSA) is 84.0 Å². The van der Waals surface area contributed by atoms with Crippen molar-refractivity contribution >= 4 is 11.9 Å². The Labute approximate surface area is 168 Å². The van der Waals surface area contributed by atoms with E-state index in [2.05, 4.69) is 20.9 Å². The highest BCUT2D eigenvalue weighted by Crippen LogP contribution is 2.30. The highest BCUT2D eigenvalue weighted by atomic mass is 16.5. The molecule has 7 nitrogen and oxygen atoms in total. The molecular weight excluding hydrogens is 356 g/mol. The van der Waals surface area contributed by atoms with Crippen LogP contribution in [0.25, 0.3) is 0 Å². The van der Waals surface area contributed by atoms with Crippen molar-refractivity contribution in [3.8, 4) is 11.5 Å². The van der Waals surface area contributed by atoms with Gasteiger partial charge in [0.1, 0.15) is 11.5 Å². The van der Waals surface area contributed by atoms with Crippen molar-refractivity contribution in [1.82, 2.24) is 16.0 Å². The van der Waals surface area contributed by atoms with Crippen LogP contribution in [0, 0.1) is 5.41 Å². The summed E-state index contributed by atoms with van der Waals surface area (Å²) >= 11 is 0. The zero-order valence-corrected chi connectivity index (χ0v) is 17.7. The Morgan fingerprint density at radius 3 is 2.57 bits per heavy atom.